The molecule has 2 heteroatoms. The summed E-state index contributed by atoms with van der Waals surface area (Å²) in [6, 6.07) is 8.28. The minimum Gasteiger partial charge on any atom is -0.388 e. The maximum Gasteiger partial charge on any atom is 0.0337 e. The maximum atomic E-state index is 5.38. The van der Waals surface area contributed by atoms with Gasteiger partial charge in [0.15, 0.2) is 0 Å². The molecule has 0 unspecified atom stereocenters. The zero-order valence-electron chi connectivity index (χ0n) is 7.96. The van der Waals surface area contributed by atoms with Crippen molar-refractivity contribution < 1.29 is 0 Å². The highest BCUT2D eigenvalue weighted by molar-refractivity contribution is 5.54. The molecule has 2 nitrogen and oxygen atoms in total. The molecule has 0 aliphatic carbocycles. The van der Waals surface area contributed by atoms with Gasteiger partial charge >= 0.3 is 0 Å². The SMILES string of the molecule is CNc1ccc(C=CCCN)cc1. The Bertz CT molecular complexity index is 262. The van der Waals surface area contributed by atoms with E-state index < -0.39 is 0 Å². The van der Waals surface area contributed by atoms with E-state index in [9.17, 15) is 0 Å². The van der Waals surface area contributed by atoms with Crippen LogP contribution in [0.1, 0.15) is 12.0 Å². The van der Waals surface area contributed by atoms with Gasteiger partial charge < -0.3 is 11.1 Å². The van der Waals surface area contributed by atoms with Gasteiger partial charge in [0.2, 0.25) is 0 Å². The first-order valence-corrected chi connectivity index (χ1v) is 4.51. The highest BCUT2D eigenvalue weighted by Crippen LogP contribution is 2.09. The van der Waals surface area contributed by atoms with E-state index in [1.807, 2.05) is 7.05 Å². The lowest BCUT2D eigenvalue weighted by Gasteiger charge is -1.99. The van der Waals surface area contributed by atoms with Gasteiger partial charge in [-0.3, -0.25) is 0 Å². The van der Waals surface area contributed by atoms with Crippen molar-refractivity contribution in [3.05, 3.63) is 35.9 Å². The molecule has 0 aliphatic rings. The summed E-state index contributed by atoms with van der Waals surface area (Å²) in [6.45, 7) is 0.713. The maximum absolute atomic E-state index is 5.38. The number of rotatable bonds is 4. The molecule has 1 aromatic carbocycles. The number of anilines is 1. The summed E-state index contributed by atoms with van der Waals surface area (Å²) in [4.78, 5) is 0. The second-order valence-electron chi connectivity index (χ2n) is 2.85. The molecule has 0 aliphatic heterocycles. The van der Waals surface area contributed by atoms with Gasteiger partial charge in [0.05, 0.1) is 0 Å². The Morgan fingerprint density at radius 1 is 1.31 bits per heavy atom. The standard InChI is InChI=1S/C11H16N2/c1-13-11-7-5-10(6-8-11)4-2-3-9-12/h2,4-8,13H,3,9,12H2,1H3. The lowest BCUT2D eigenvalue weighted by atomic mass is 10.2. The second kappa shape index (κ2) is 5.38. The lowest BCUT2D eigenvalue weighted by molar-refractivity contribution is 1.01. The van der Waals surface area contributed by atoms with Crippen molar-refractivity contribution in [3.8, 4) is 0 Å². The third-order valence-corrected chi connectivity index (χ3v) is 1.84. The minimum absolute atomic E-state index is 0.713. The summed E-state index contributed by atoms with van der Waals surface area (Å²) < 4.78 is 0. The van der Waals surface area contributed by atoms with Crippen LogP contribution in [0.4, 0.5) is 5.69 Å². The first kappa shape index (κ1) is 9.81. The van der Waals surface area contributed by atoms with Gasteiger partial charge in [-0.05, 0) is 30.7 Å². The highest BCUT2D eigenvalue weighted by atomic mass is 14.8. The van der Waals surface area contributed by atoms with E-state index >= 15 is 0 Å². The number of nitrogens with one attached hydrogen (secondary N) is 1. The predicted octanol–water partition coefficient (Wildman–Crippen LogP) is 2.09. The average molecular weight is 176 g/mol. The van der Waals surface area contributed by atoms with Crippen LogP contribution in [0.3, 0.4) is 0 Å². The molecule has 13 heavy (non-hydrogen) atoms. The van der Waals surface area contributed by atoms with E-state index in [2.05, 4.69) is 41.7 Å². The third kappa shape index (κ3) is 3.30. The Morgan fingerprint density at radius 3 is 2.54 bits per heavy atom. The van der Waals surface area contributed by atoms with Crippen LogP contribution in [0.2, 0.25) is 0 Å². The first-order chi connectivity index (χ1) is 6.36. The molecule has 3 N–H and O–H groups in total. The molecule has 0 saturated carbocycles. The number of hydrogen-bond donors (Lipinski definition) is 2. The van der Waals surface area contributed by atoms with E-state index in [4.69, 9.17) is 5.73 Å². The molecule has 0 saturated heterocycles. The average Bonchev–Trinajstić information content (AvgIpc) is 2.19. The Kier molecular flexibility index (Phi) is 4.06. The quantitative estimate of drug-likeness (QED) is 0.737. The Labute approximate surface area is 79.5 Å². The third-order valence-electron chi connectivity index (χ3n) is 1.84. The van der Waals surface area contributed by atoms with Crippen molar-refractivity contribution in [2.75, 3.05) is 18.9 Å². The molecule has 0 amide bonds. The molecule has 1 rings (SSSR count). The molecule has 1 aromatic rings. The summed E-state index contributed by atoms with van der Waals surface area (Å²) in [5.74, 6) is 0. The molecule has 0 heterocycles. The molecule has 0 spiro atoms. The summed E-state index contributed by atoms with van der Waals surface area (Å²) in [7, 11) is 1.92. The Balaban J connectivity index is 2.58. The molecule has 70 valence electrons. The number of nitrogens with two attached hydrogens (primary N) is 1. The largest absolute Gasteiger partial charge is 0.388 e. The van der Waals surface area contributed by atoms with Crippen LogP contribution < -0.4 is 11.1 Å². The van der Waals surface area contributed by atoms with Crippen molar-refractivity contribution in [1.82, 2.24) is 0 Å². The summed E-state index contributed by atoms with van der Waals surface area (Å²) in [5, 5.41) is 3.08. The second-order valence-corrected chi connectivity index (χ2v) is 2.85. The fourth-order valence-corrected chi connectivity index (χ4v) is 1.08. The fraction of sp³-hybridized carbons (Fsp3) is 0.273. The normalized spacial score (nSPS) is 10.6. The first-order valence-electron chi connectivity index (χ1n) is 4.51. The van der Waals surface area contributed by atoms with E-state index in [0.717, 1.165) is 12.1 Å². The molecule has 0 aromatic heterocycles. The van der Waals surface area contributed by atoms with Crippen LogP contribution in [0.25, 0.3) is 6.08 Å². The van der Waals surface area contributed by atoms with Gasteiger partial charge in [-0.15, -0.1) is 0 Å². The lowest BCUT2D eigenvalue weighted by Crippen LogP contribution is -1.94. The van der Waals surface area contributed by atoms with Gasteiger partial charge in [-0.25, -0.2) is 0 Å². The van der Waals surface area contributed by atoms with Crippen LogP contribution in [-0.2, 0) is 0 Å². The molecular weight excluding hydrogens is 160 g/mol. The van der Waals surface area contributed by atoms with Gasteiger partial charge in [-0.1, -0.05) is 24.3 Å². The number of hydrogen-bond acceptors (Lipinski definition) is 2. The summed E-state index contributed by atoms with van der Waals surface area (Å²) >= 11 is 0. The highest BCUT2D eigenvalue weighted by Gasteiger charge is 1.87. The van der Waals surface area contributed by atoms with Crippen LogP contribution >= 0.6 is 0 Å². The molecular formula is C11H16N2. The van der Waals surface area contributed by atoms with Crippen molar-refractivity contribution in [1.29, 1.82) is 0 Å². The Morgan fingerprint density at radius 2 is 2.00 bits per heavy atom. The van der Waals surface area contributed by atoms with Crippen LogP contribution in [0.5, 0.6) is 0 Å². The zero-order chi connectivity index (χ0) is 9.52. The molecule has 0 atom stereocenters. The van der Waals surface area contributed by atoms with Crippen molar-refractivity contribution in [2.24, 2.45) is 5.73 Å². The predicted molar refractivity (Wildman–Crippen MR) is 58.7 cm³/mol. The van der Waals surface area contributed by atoms with E-state index in [1.165, 1.54) is 5.56 Å². The topological polar surface area (TPSA) is 38.0 Å². The van der Waals surface area contributed by atoms with Crippen LogP contribution in [-0.4, -0.2) is 13.6 Å². The van der Waals surface area contributed by atoms with Gasteiger partial charge in [-0.2, -0.15) is 0 Å². The van der Waals surface area contributed by atoms with Crippen molar-refractivity contribution >= 4 is 11.8 Å². The summed E-state index contributed by atoms with van der Waals surface area (Å²) in [6.07, 6.45) is 5.12. The van der Waals surface area contributed by atoms with E-state index in [-0.39, 0.29) is 0 Å². The molecule has 0 fully saturated rings. The minimum atomic E-state index is 0.713. The molecule has 0 bridgehead atoms. The van der Waals surface area contributed by atoms with Gasteiger partial charge in [0.1, 0.15) is 0 Å². The molecule has 0 radical (unpaired) electrons. The number of benzene rings is 1. The van der Waals surface area contributed by atoms with Gasteiger partial charge in [0.25, 0.3) is 0 Å². The van der Waals surface area contributed by atoms with E-state index in [0.29, 0.717) is 6.54 Å². The van der Waals surface area contributed by atoms with Gasteiger partial charge in [0, 0.05) is 12.7 Å². The fourth-order valence-electron chi connectivity index (χ4n) is 1.08. The monoisotopic (exact) mass is 176 g/mol. The van der Waals surface area contributed by atoms with Crippen molar-refractivity contribution in [2.45, 2.75) is 6.42 Å². The zero-order valence-corrected chi connectivity index (χ0v) is 7.96. The Hall–Kier alpha value is -1.28. The van der Waals surface area contributed by atoms with Crippen LogP contribution in [0, 0.1) is 0 Å². The smallest absolute Gasteiger partial charge is 0.0337 e. The van der Waals surface area contributed by atoms with Crippen molar-refractivity contribution in [3.63, 3.8) is 0 Å². The van der Waals surface area contributed by atoms with Crippen LogP contribution in [0.15, 0.2) is 30.3 Å². The summed E-state index contributed by atoms with van der Waals surface area (Å²) in [5.41, 5.74) is 7.73. The van der Waals surface area contributed by atoms with E-state index in [1.54, 1.807) is 0 Å².